The zero-order chi connectivity index (χ0) is 67.6. The monoisotopic (exact) mass is 1160 g/mol. The van der Waals surface area contributed by atoms with Crippen LogP contribution in [0.5, 0.6) is 0 Å². The fourth-order valence-corrected chi connectivity index (χ4v) is 13.8. The Morgan fingerprint density at radius 3 is 1.28 bits per heavy atom. The first-order valence-electron chi connectivity index (χ1n) is 34.9. The van der Waals surface area contributed by atoms with E-state index in [-0.39, 0.29) is 56.1 Å². The van der Waals surface area contributed by atoms with Gasteiger partial charge in [0.15, 0.2) is 11.2 Å². The van der Waals surface area contributed by atoms with Gasteiger partial charge in [-0.1, -0.05) is 256 Å². The van der Waals surface area contributed by atoms with Gasteiger partial charge in [0, 0.05) is 38.7 Å². The molecule has 0 N–H and O–H groups in total. The van der Waals surface area contributed by atoms with Gasteiger partial charge >= 0.3 is 0 Å². The van der Waals surface area contributed by atoms with Crippen LogP contribution in [-0.2, 0) is 16.2 Å². The van der Waals surface area contributed by atoms with E-state index in [0.29, 0.717) is 22.2 Å². The fraction of sp³-hybridized carbons (Fsp3) is 0.153. The topological polar surface area (TPSA) is 24.6 Å². The van der Waals surface area contributed by atoms with E-state index >= 15 is 0 Å². The lowest BCUT2D eigenvalue weighted by Gasteiger charge is -2.46. The molecule has 2 aliphatic heterocycles. The van der Waals surface area contributed by atoms with Crippen LogP contribution in [0.15, 0.2) is 265 Å². The Balaban J connectivity index is 1.02. The van der Waals surface area contributed by atoms with Crippen LogP contribution in [0.4, 0.5) is 34.1 Å². The standard InChI is InChI=1S/C85H71N3O/c1-83(2,3)61-30-20-28-55(45-61)57-40-42-69-75(49-57)86(64-47-59(53-24-12-10-13-25-53)44-60(48-64)54-26-14-11-15-27-54)77-51-63(85(7,8)9)52-78-80(77)79(69)70-43-41-58(56-29-21-31-62(46-56)84(4,5)6)50-76(70)88(78)74-39-23-35-68-67-34-22-38-73(81(67)89-82(68)74)87-71-36-18-16-32-65(71)66-33-17-19-37-72(66)87/h10-52,79H,1-9H3/i16D,17D,18D,19D,32D,33D,36D,37D. The molecule has 4 nitrogen and oxygen atoms in total. The molecule has 16 rings (SSSR count). The molecule has 0 saturated heterocycles. The van der Waals surface area contributed by atoms with Crippen LogP contribution >= 0.6 is 0 Å². The Morgan fingerprint density at radius 2 is 0.764 bits per heavy atom. The molecule has 2 aliphatic rings. The Morgan fingerprint density at radius 1 is 0.326 bits per heavy atom. The first kappa shape index (κ1) is 46.1. The molecule has 0 spiro atoms. The summed E-state index contributed by atoms with van der Waals surface area (Å²) in [5.41, 5.74) is 22.3. The van der Waals surface area contributed by atoms with Crippen molar-refractivity contribution in [2.75, 3.05) is 9.80 Å². The SMILES string of the molecule is [2H]c1c([2H])c([2H])c2c(c1[2H])c1c([2H])c([2H])c([2H])c([2H])c1n2-c1cccc2c1oc1c(N3c4cc(-c5cccc(C(C)(C)C)c5)ccc4C4c5ccc(-c6cccc(C(C)(C)C)c6)cc5N(c5cc(-c6ccccc6)cc(-c6ccccc6)c5)c5cc(C(C)(C)C)cc3c54)cccc12. The summed E-state index contributed by atoms with van der Waals surface area (Å²) in [7, 11) is 0. The minimum atomic E-state index is -0.502. The number of hydrogen-bond acceptors (Lipinski definition) is 3. The second-order valence-electron chi connectivity index (χ2n) is 27.2. The van der Waals surface area contributed by atoms with Gasteiger partial charge < -0.3 is 18.8 Å². The smallest absolute Gasteiger partial charge is 0.159 e. The number of anilines is 6. The number of nitrogens with zero attached hydrogens (tertiary/aromatic N) is 3. The molecule has 2 aromatic heterocycles. The summed E-state index contributed by atoms with van der Waals surface area (Å²) >= 11 is 0. The van der Waals surface area contributed by atoms with Crippen molar-refractivity contribution in [3.63, 3.8) is 0 Å². The Hall–Kier alpha value is -10.2. The van der Waals surface area contributed by atoms with Crippen LogP contribution in [0.2, 0.25) is 0 Å². The van der Waals surface area contributed by atoms with Gasteiger partial charge in [-0.3, -0.25) is 0 Å². The fourth-order valence-electron chi connectivity index (χ4n) is 13.8. The van der Waals surface area contributed by atoms with Gasteiger partial charge in [0.25, 0.3) is 0 Å². The summed E-state index contributed by atoms with van der Waals surface area (Å²) in [6.07, 6.45) is 0. The Bertz CT molecular complexity index is 5520. The molecule has 0 bridgehead atoms. The highest BCUT2D eigenvalue weighted by Crippen LogP contribution is 2.63. The van der Waals surface area contributed by atoms with Gasteiger partial charge in [-0.15, -0.1) is 0 Å². The van der Waals surface area contributed by atoms with E-state index < -0.39 is 36.3 Å². The number of aromatic nitrogens is 1. The lowest BCUT2D eigenvalue weighted by Crippen LogP contribution is -2.30. The molecule has 0 amide bonds. The van der Waals surface area contributed by atoms with Crippen LogP contribution < -0.4 is 9.80 Å². The number of para-hydroxylation sites is 4. The van der Waals surface area contributed by atoms with E-state index in [1.54, 1.807) is 10.6 Å². The molecule has 12 aromatic carbocycles. The van der Waals surface area contributed by atoms with Crippen molar-refractivity contribution < 1.29 is 15.4 Å². The van der Waals surface area contributed by atoms with Crippen LogP contribution in [0.3, 0.4) is 0 Å². The van der Waals surface area contributed by atoms with E-state index in [1.165, 1.54) is 11.1 Å². The summed E-state index contributed by atoms with van der Waals surface area (Å²) in [5, 5.41) is 1.48. The predicted molar refractivity (Wildman–Crippen MR) is 376 cm³/mol. The van der Waals surface area contributed by atoms with Crippen LogP contribution in [0.25, 0.3) is 93.9 Å². The predicted octanol–water partition coefficient (Wildman–Crippen LogP) is 24.0. The second-order valence-corrected chi connectivity index (χ2v) is 27.2. The second kappa shape index (κ2) is 20.2. The summed E-state index contributed by atoms with van der Waals surface area (Å²) in [6.45, 7) is 20.4. The van der Waals surface area contributed by atoms with E-state index in [9.17, 15) is 5.48 Å². The maximum Gasteiger partial charge on any atom is 0.159 e. The van der Waals surface area contributed by atoms with E-state index in [0.717, 1.165) is 106 Å². The molecule has 0 aliphatic carbocycles. The molecule has 1 atom stereocenters. The lowest BCUT2D eigenvalue weighted by molar-refractivity contribution is 0.589. The Kier molecular flexibility index (Phi) is 10.5. The van der Waals surface area contributed by atoms with Crippen LogP contribution in [0.1, 0.15) is 113 Å². The molecule has 89 heavy (non-hydrogen) atoms. The summed E-state index contributed by atoms with van der Waals surface area (Å²) < 4.78 is 82.1. The van der Waals surface area contributed by atoms with Crippen molar-refractivity contribution in [2.24, 2.45) is 0 Å². The molecule has 4 heterocycles. The molecule has 0 radical (unpaired) electrons. The average Bonchev–Trinajstić information content (AvgIpc) is 1.65. The third-order valence-electron chi connectivity index (χ3n) is 18.4. The van der Waals surface area contributed by atoms with Crippen molar-refractivity contribution in [2.45, 2.75) is 84.5 Å². The minimum Gasteiger partial charge on any atom is -0.452 e. The molecule has 432 valence electrons. The van der Waals surface area contributed by atoms with Gasteiger partial charge in [0.1, 0.15) is 0 Å². The Labute approximate surface area is 533 Å². The number of benzene rings is 12. The van der Waals surface area contributed by atoms with Crippen molar-refractivity contribution in [3.05, 3.63) is 294 Å². The molecular weight excluding hydrogens is 1080 g/mol. The molecular formula is C85H71N3O. The number of furan rings is 1. The van der Waals surface area contributed by atoms with Gasteiger partial charge in [-0.05, 0) is 155 Å². The van der Waals surface area contributed by atoms with Gasteiger partial charge in [0.05, 0.1) is 56.1 Å². The molecule has 1 unspecified atom stereocenters. The molecule has 4 heteroatoms. The zero-order valence-corrected chi connectivity index (χ0v) is 51.5. The zero-order valence-electron chi connectivity index (χ0n) is 59.5. The van der Waals surface area contributed by atoms with E-state index in [2.05, 4.69) is 260 Å². The lowest BCUT2D eigenvalue weighted by atomic mass is 9.73. The third kappa shape index (κ3) is 8.94. The maximum absolute atomic E-state index is 9.48. The largest absolute Gasteiger partial charge is 0.452 e. The molecule has 0 fully saturated rings. The van der Waals surface area contributed by atoms with Crippen LogP contribution in [-0.4, -0.2) is 4.57 Å². The van der Waals surface area contributed by atoms with Gasteiger partial charge in [0.2, 0.25) is 0 Å². The summed E-state index contributed by atoms with van der Waals surface area (Å²) in [4.78, 5) is 4.93. The normalized spacial score (nSPS) is 15.2. The quantitative estimate of drug-likeness (QED) is 0.159. The first-order valence-corrected chi connectivity index (χ1v) is 30.9. The first-order chi connectivity index (χ1) is 46.3. The van der Waals surface area contributed by atoms with Crippen LogP contribution in [0, 0.1) is 0 Å². The van der Waals surface area contributed by atoms with Crippen molar-refractivity contribution >= 4 is 77.9 Å². The summed E-state index contributed by atoms with van der Waals surface area (Å²) in [5.74, 6) is -0.275. The molecule has 14 aromatic rings. The van der Waals surface area contributed by atoms with Gasteiger partial charge in [-0.2, -0.15) is 0 Å². The summed E-state index contributed by atoms with van der Waals surface area (Å²) in [6, 6.07) is 73.4. The van der Waals surface area contributed by atoms with E-state index in [1.807, 2.05) is 18.2 Å². The van der Waals surface area contributed by atoms with Gasteiger partial charge in [-0.25, -0.2) is 0 Å². The highest BCUT2D eigenvalue weighted by molar-refractivity contribution is 6.15. The molecule has 0 saturated carbocycles. The third-order valence-corrected chi connectivity index (χ3v) is 18.4. The minimum absolute atomic E-state index is 0.00159. The van der Waals surface area contributed by atoms with E-state index in [4.69, 9.17) is 9.90 Å². The van der Waals surface area contributed by atoms with Crippen molar-refractivity contribution in [1.29, 1.82) is 0 Å². The number of hydrogen-bond donors (Lipinski definition) is 0. The number of fused-ring (bicyclic) bond motifs is 10. The van der Waals surface area contributed by atoms with Crippen molar-refractivity contribution in [1.82, 2.24) is 4.57 Å². The maximum atomic E-state index is 9.48. The highest BCUT2D eigenvalue weighted by atomic mass is 16.3. The van der Waals surface area contributed by atoms with Crippen molar-refractivity contribution in [3.8, 4) is 50.2 Å². The number of rotatable bonds is 7. The average molecular weight is 1160 g/mol. The highest BCUT2D eigenvalue weighted by Gasteiger charge is 2.43.